The lowest BCUT2D eigenvalue weighted by Gasteiger charge is -2.26. The minimum atomic E-state index is -0.114. The summed E-state index contributed by atoms with van der Waals surface area (Å²) in [5.41, 5.74) is 1.99. The third kappa shape index (κ3) is 3.28. The van der Waals surface area contributed by atoms with Crippen molar-refractivity contribution in [3.63, 3.8) is 0 Å². The van der Waals surface area contributed by atoms with Crippen LogP contribution < -0.4 is 5.32 Å². The van der Waals surface area contributed by atoms with Gasteiger partial charge in [0.25, 0.3) is 0 Å². The average Bonchev–Trinajstić information content (AvgIpc) is 2.70. The molecule has 2 rings (SSSR count). The van der Waals surface area contributed by atoms with Crippen molar-refractivity contribution < 1.29 is 9.59 Å². The Hall–Kier alpha value is -1.37. The van der Waals surface area contributed by atoms with Crippen molar-refractivity contribution >= 4 is 27.7 Å². The fraction of sp³-hybridized carbons (Fsp3) is 0.643. The summed E-state index contributed by atoms with van der Waals surface area (Å²) in [6, 6.07) is -0.114. The second-order valence-corrected chi connectivity index (χ2v) is 6.02. The number of carbonyl (C=O) groups excluding carboxylic acids is 2. The van der Waals surface area contributed by atoms with Gasteiger partial charge in [0, 0.05) is 19.0 Å². The molecule has 0 aromatic carbocycles. The molecule has 1 atom stereocenters. The van der Waals surface area contributed by atoms with Crippen LogP contribution in [0.15, 0.2) is 4.47 Å². The average molecular weight is 357 g/mol. The predicted molar refractivity (Wildman–Crippen MR) is 82.6 cm³/mol. The summed E-state index contributed by atoms with van der Waals surface area (Å²) in [5, 5.41) is 7.19. The highest BCUT2D eigenvalue weighted by atomic mass is 79.9. The van der Waals surface area contributed by atoms with E-state index in [2.05, 4.69) is 33.3 Å². The summed E-state index contributed by atoms with van der Waals surface area (Å²) in [6.07, 6.45) is 1.17. The quantitative estimate of drug-likeness (QED) is 0.887. The highest BCUT2D eigenvalue weighted by Crippen LogP contribution is 2.25. The number of hydrogen-bond acceptors (Lipinski definition) is 3. The molecule has 1 aromatic rings. The van der Waals surface area contributed by atoms with E-state index >= 15 is 0 Å². The number of hydrogen-bond donors (Lipinski definition) is 1. The molecule has 0 saturated carbocycles. The largest absolute Gasteiger partial charge is 0.347 e. The van der Waals surface area contributed by atoms with Crippen LogP contribution in [0.5, 0.6) is 0 Å². The zero-order valence-electron chi connectivity index (χ0n) is 12.6. The van der Waals surface area contributed by atoms with Gasteiger partial charge in [-0.15, -0.1) is 0 Å². The van der Waals surface area contributed by atoms with E-state index in [1.54, 1.807) is 4.90 Å². The summed E-state index contributed by atoms with van der Waals surface area (Å²) in [4.78, 5) is 25.5. The normalized spacial score (nSPS) is 19.6. The number of carbonyl (C=O) groups is 2. The maximum absolute atomic E-state index is 12.2. The summed E-state index contributed by atoms with van der Waals surface area (Å²) in [6.45, 7) is 7.28. The van der Waals surface area contributed by atoms with Gasteiger partial charge in [0.05, 0.1) is 29.0 Å². The Morgan fingerprint density at radius 1 is 1.38 bits per heavy atom. The number of halogens is 1. The van der Waals surface area contributed by atoms with Gasteiger partial charge in [0.2, 0.25) is 11.8 Å². The van der Waals surface area contributed by atoms with Crippen LogP contribution >= 0.6 is 15.9 Å². The number of nitrogens with one attached hydrogen (secondary N) is 1. The highest BCUT2D eigenvalue weighted by molar-refractivity contribution is 9.10. The maximum atomic E-state index is 12.2. The van der Waals surface area contributed by atoms with Crippen LogP contribution in [-0.4, -0.2) is 39.1 Å². The van der Waals surface area contributed by atoms with Gasteiger partial charge in [0.1, 0.15) is 0 Å². The lowest BCUT2D eigenvalue weighted by atomic mass is 10.2. The second kappa shape index (κ2) is 6.60. The van der Waals surface area contributed by atoms with Crippen LogP contribution in [0.3, 0.4) is 0 Å². The SMILES string of the molecule is CCc1nn(CC)c(CN2C(=O)CNC(=O)CC2C)c1Br. The van der Waals surface area contributed by atoms with Crippen LogP contribution in [0.25, 0.3) is 0 Å². The van der Waals surface area contributed by atoms with Gasteiger partial charge < -0.3 is 10.2 Å². The minimum Gasteiger partial charge on any atom is -0.347 e. The van der Waals surface area contributed by atoms with Crippen LogP contribution in [-0.2, 0) is 29.1 Å². The van der Waals surface area contributed by atoms with E-state index in [-0.39, 0.29) is 24.4 Å². The standard InChI is InChI=1S/C14H21BrN4O2/c1-4-10-14(15)11(19(5-2)17-10)8-18-9(3)6-12(20)16-7-13(18)21/h9H,4-8H2,1-3H3,(H,16,20). The van der Waals surface area contributed by atoms with Crippen molar-refractivity contribution in [1.82, 2.24) is 20.0 Å². The number of rotatable bonds is 4. The Kier molecular flexibility index (Phi) is 5.03. The molecule has 1 saturated heterocycles. The van der Waals surface area contributed by atoms with Crippen molar-refractivity contribution in [2.45, 2.75) is 52.7 Å². The lowest BCUT2D eigenvalue weighted by Crippen LogP contribution is -2.39. The zero-order chi connectivity index (χ0) is 15.6. The molecule has 1 aliphatic heterocycles. The third-order valence-corrected chi connectivity index (χ3v) is 4.70. The fourth-order valence-corrected chi connectivity index (χ4v) is 3.24. The topological polar surface area (TPSA) is 67.2 Å². The minimum absolute atomic E-state index is 0.0536. The molecule has 0 aliphatic carbocycles. The molecule has 0 spiro atoms. The van der Waals surface area contributed by atoms with Crippen LogP contribution in [0, 0.1) is 0 Å². The fourth-order valence-electron chi connectivity index (χ4n) is 2.55. The lowest BCUT2D eigenvalue weighted by molar-refractivity contribution is -0.132. The number of nitrogens with zero attached hydrogens (tertiary/aromatic N) is 3. The molecule has 6 nitrogen and oxygen atoms in total. The first-order valence-electron chi connectivity index (χ1n) is 7.28. The summed E-state index contributed by atoms with van der Waals surface area (Å²) < 4.78 is 2.89. The molecule has 7 heteroatoms. The Labute approximate surface area is 133 Å². The monoisotopic (exact) mass is 356 g/mol. The molecule has 1 aromatic heterocycles. The smallest absolute Gasteiger partial charge is 0.242 e. The van der Waals surface area contributed by atoms with Crippen LogP contribution in [0.1, 0.15) is 38.6 Å². The van der Waals surface area contributed by atoms with Gasteiger partial charge >= 0.3 is 0 Å². The van der Waals surface area contributed by atoms with Gasteiger partial charge in [-0.3, -0.25) is 14.3 Å². The summed E-state index contributed by atoms with van der Waals surface area (Å²) >= 11 is 3.60. The van der Waals surface area contributed by atoms with E-state index in [0.29, 0.717) is 13.0 Å². The Bertz CT molecular complexity index is 555. The Balaban J connectivity index is 2.29. The third-order valence-electron chi connectivity index (χ3n) is 3.78. The number of amides is 2. The van der Waals surface area contributed by atoms with Gasteiger partial charge in [0.15, 0.2) is 0 Å². The molecule has 2 amide bonds. The Morgan fingerprint density at radius 2 is 2.10 bits per heavy atom. The number of aryl methyl sites for hydroxylation is 2. The van der Waals surface area contributed by atoms with E-state index in [9.17, 15) is 9.59 Å². The van der Waals surface area contributed by atoms with Gasteiger partial charge in [-0.25, -0.2) is 0 Å². The molecule has 0 radical (unpaired) electrons. The van der Waals surface area contributed by atoms with Crippen LogP contribution in [0.4, 0.5) is 0 Å². The second-order valence-electron chi connectivity index (χ2n) is 5.23. The summed E-state index contributed by atoms with van der Waals surface area (Å²) in [5.74, 6) is -0.127. The first-order valence-corrected chi connectivity index (χ1v) is 8.07. The van der Waals surface area contributed by atoms with Gasteiger partial charge in [-0.1, -0.05) is 6.92 Å². The molecule has 1 aliphatic rings. The van der Waals surface area contributed by atoms with Crippen molar-refractivity contribution in [2.24, 2.45) is 0 Å². The van der Waals surface area contributed by atoms with Gasteiger partial charge in [-0.2, -0.15) is 5.10 Å². The molecule has 1 N–H and O–H groups in total. The molecule has 1 fully saturated rings. The van der Waals surface area contributed by atoms with E-state index in [0.717, 1.165) is 28.8 Å². The van der Waals surface area contributed by atoms with Crippen LogP contribution in [0.2, 0.25) is 0 Å². The highest BCUT2D eigenvalue weighted by Gasteiger charge is 2.28. The first-order chi connectivity index (χ1) is 9.97. The molecular weight excluding hydrogens is 336 g/mol. The van der Waals surface area contributed by atoms with Gasteiger partial charge in [-0.05, 0) is 36.2 Å². The van der Waals surface area contributed by atoms with Crippen molar-refractivity contribution in [1.29, 1.82) is 0 Å². The molecule has 21 heavy (non-hydrogen) atoms. The molecular formula is C14H21BrN4O2. The number of aromatic nitrogens is 2. The van der Waals surface area contributed by atoms with E-state index in [1.807, 2.05) is 18.5 Å². The van der Waals surface area contributed by atoms with Crippen molar-refractivity contribution in [3.05, 3.63) is 15.9 Å². The van der Waals surface area contributed by atoms with Crippen molar-refractivity contribution in [3.8, 4) is 0 Å². The van der Waals surface area contributed by atoms with E-state index < -0.39 is 0 Å². The van der Waals surface area contributed by atoms with E-state index in [4.69, 9.17) is 0 Å². The predicted octanol–water partition coefficient (Wildman–Crippen LogP) is 1.46. The molecule has 116 valence electrons. The Morgan fingerprint density at radius 3 is 2.71 bits per heavy atom. The molecule has 2 heterocycles. The molecule has 0 bridgehead atoms. The van der Waals surface area contributed by atoms with Crippen molar-refractivity contribution in [2.75, 3.05) is 6.54 Å². The summed E-state index contributed by atoms with van der Waals surface area (Å²) in [7, 11) is 0. The van der Waals surface area contributed by atoms with E-state index in [1.165, 1.54) is 0 Å². The maximum Gasteiger partial charge on any atom is 0.242 e. The zero-order valence-corrected chi connectivity index (χ0v) is 14.2. The molecule has 1 unspecified atom stereocenters. The first kappa shape index (κ1) is 16.0.